The number of nitrogens with one attached hydrogen (secondary N) is 1. The maximum absolute atomic E-state index is 11.6. The van der Waals surface area contributed by atoms with Crippen LogP contribution >= 0.6 is 0 Å². The zero-order valence-electron chi connectivity index (χ0n) is 19.3. The Bertz CT molecular complexity index is 1320. The first kappa shape index (κ1) is 22.5. The molecule has 0 saturated heterocycles. The fourth-order valence-corrected chi connectivity index (χ4v) is 3.62. The number of carboxylic acid groups (broad SMARTS) is 1. The van der Waals surface area contributed by atoms with Gasteiger partial charge in [0.15, 0.2) is 11.4 Å². The first-order chi connectivity index (χ1) is 15.5. The van der Waals surface area contributed by atoms with Crippen molar-refractivity contribution in [1.29, 1.82) is 0 Å². The molecule has 2 atom stereocenters. The lowest BCUT2D eigenvalue weighted by Gasteiger charge is -2.41. The summed E-state index contributed by atoms with van der Waals surface area (Å²) in [7, 11) is 0. The molecule has 174 valence electrons. The summed E-state index contributed by atoms with van der Waals surface area (Å²) < 4.78 is 13.4. The zero-order chi connectivity index (χ0) is 24.0. The highest BCUT2D eigenvalue weighted by atomic mass is 16.5. The summed E-state index contributed by atoms with van der Waals surface area (Å²) in [5.41, 5.74) is 6.74. The minimum absolute atomic E-state index is 0.123. The van der Waals surface area contributed by atoms with Crippen molar-refractivity contribution in [3.05, 3.63) is 42.4 Å². The first-order valence-electron chi connectivity index (χ1n) is 10.6. The summed E-state index contributed by atoms with van der Waals surface area (Å²) in [6, 6.07) is 7.01. The maximum atomic E-state index is 11.6. The van der Waals surface area contributed by atoms with Gasteiger partial charge >= 0.3 is 6.09 Å². The van der Waals surface area contributed by atoms with Crippen molar-refractivity contribution in [3.63, 3.8) is 0 Å². The molecule has 4 rings (SSSR count). The molecule has 0 bridgehead atoms. The van der Waals surface area contributed by atoms with E-state index in [1.54, 1.807) is 35.1 Å². The second-order valence-electron chi connectivity index (χ2n) is 9.36. The van der Waals surface area contributed by atoms with Gasteiger partial charge in [-0.25, -0.2) is 14.3 Å². The molecule has 0 spiro atoms. The van der Waals surface area contributed by atoms with Crippen molar-refractivity contribution >= 4 is 22.7 Å². The van der Waals surface area contributed by atoms with Gasteiger partial charge in [-0.1, -0.05) is 20.8 Å². The molecule has 4 N–H and O–H groups in total. The van der Waals surface area contributed by atoms with Crippen molar-refractivity contribution in [1.82, 2.24) is 24.9 Å². The van der Waals surface area contributed by atoms with E-state index in [4.69, 9.17) is 14.9 Å². The molecular formula is C23H28N6O4. The van der Waals surface area contributed by atoms with E-state index in [0.717, 1.165) is 0 Å². The van der Waals surface area contributed by atoms with Gasteiger partial charge in [0.25, 0.3) is 0 Å². The van der Waals surface area contributed by atoms with Crippen LogP contribution in [0.25, 0.3) is 28.1 Å². The van der Waals surface area contributed by atoms with Crippen LogP contribution in [-0.4, -0.2) is 43.4 Å². The molecule has 0 fully saturated rings. The molecule has 10 nitrogen and oxygen atoms in total. The number of furan rings is 1. The quantitative estimate of drug-likeness (QED) is 0.401. The number of hydrogen-bond donors (Lipinski definition) is 3. The molecule has 10 heteroatoms. The van der Waals surface area contributed by atoms with Gasteiger partial charge in [0.1, 0.15) is 17.9 Å². The van der Waals surface area contributed by atoms with Gasteiger partial charge in [-0.05, 0) is 37.5 Å². The Morgan fingerprint density at radius 1 is 1.27 bits per heavy atom. The van der Waals surface area contributed by atoms with E-state index in [1.165, 1.54) is 0 Å². The van der Waals surface area contributed by atoms with Crippen LogP contribution in [-0.2, 0) is 5.54 Å². The molecule has 33 heavy (non-hydrogen) atoms. The molecular weight excluding hydrogens is 424 g/mol. The third kappa shape index (κ3) is 4.09. The van der Waals surface area contributed by atoms with Crippen molar-refractivity contribution in [3.8, 4) is 17.3 Å². The topological polar surface area (TPSA) is 141 Å². The maximum Gasteiger partial charge on any atom is 0.405 e. The van der Waals surface area contributed by atoms with Gasteiger partial charge in [-0.15, -0.1) is 5.10 Å². The van der Waals surface area contributed by atoms with Crippen LogP contribution in [0.3, 0.4) is 0 Å². The van der Waals surface area contributed by atoms with E-state index in [1.807, 2.05) is 40.7 Å². The largest absolute Gasteiger partial charge is 0.475 e. The van der Waals surface area contributed by atoms with Gasteiger partial charge in [0.2, 0.25) is 5.88 Å². The third-order valence-electron chi connectivity index (χ3n) is 5.86. The highest BCUT2D eigenvalue weighted by Gasteiger charge is 2.43. The van der Waals surface area contributed by atoms with Crippen LogP contribution in [0.15, 0.2) is 41.1 Å². The Morgan fingerprint density at radius 2 is 2.03 bits per heavy atom. The molecule has 0 aliphatic carbocycles. The lowest BCUT2D eigenvalue weighted by molar-refractivity contribution is 0.128. The SMILES string of the molecule is C[C@H](N)COc1ccc2ncc(-c3cc4c(C(C)(NC(=O)O)C(C)(C)C)nccc4o3)n2n1. The molecule has 1 amide bonds. The molecule has 0 aliphatic heterocycles. The number of ether oxygens (including phenoxy) is 1. The van der Waals surface area contributed by atoms with Gasteiger partial charge in [-0.3, -0.25) is 4.98 Å². The molecule has 4 aromatic heterocycles. The zero-order valence-corrected chi connectivity index (χ0v) is 19.3. The van der Waals surface area contributed by atoms with Crippen LogP contribution in [0.5, 0.6) is 5.88 Å². The number of nitrogens with zero attached hydrogens (tertiary/aromatic N) is 4. The Morgan fingerprint density at radius 3 is 2.70 bits per heavy atom. The molecule has 0 aliphatic rings. The molecule has 1 unspecified atom stereocenters. The summed E-state index contributed by atoms with van der Waals surface area (Å²) in [5, 5.41) is 17.4. The van der Waals surface area contributed by atoms with Gasteiger partial charge < -0.3 is 25.3 Å². The van der Waals surface area contributed by atoms with Crippen LogP contribution in [0.4, 0.5) is 4.79 Å². The Hall–Kier alpha value is -3.66. The van der Waals surface area contributed by atoms with Crippen molar-refractivity contribution in [2.75, 3.05) is 6.61 Å². The van der Waals surface area contributed by atoms with Crippen molar-refractivity contribution in [2.45, 2.75) is 46.2 Å². The summed E-state index contributed by atoms with van der Waals surface area (Å²) in [4.78, 5) is 20.6. The highest BCUT2D eigenvalue weighted by molar-refractivity contribution is 5.86. The molecule has 4 heterocycles. The standard InChI is InChI=1S/C23H28N6O4/c1-13(24)12-32-19-7-6-18-26-11-15(29(18)28-19)17-10-14-16(33-17)8-9-25-20(14)23(5,22(2,3)4)27-21(30)31/h6-11,13,27H,12,24H2,1-5H3,(H,30,31)/t13-,23?/m0/s1. The third-order valence-corrected chi connectivity index (χ3v) is 5.86. The van der Waals surface area contributed by atoms with E-state index in [0.29, 0.717) is 46.3 Å². The monoisotopic (exact) mass is 452 g/mol. The number of nitrogens with two attached hydrogens (primary N) is 1. The number of fused-ring (bicyclic) bond motifs is 2. The Labute approximate surface area is 190 Å². The van der Waals surface area contributed by atoms with Gasteiger partial charge in [-0.2, -0.15) is 0 Å². The predicted molar refractivity (Wildman–Crippen MR) is 123 cm³/mol. The number of amides is 1. The van der Waals surface area contributed by atoms with Crippen LogP contribution in [0.2, 0.25) is 0 Å². The lowest BCUT2D eigenvalue weighted by atomic mass is 9.72. The van der Waals surface area contributed by atoms with Gasteiger partial charge in [0, 0.05) is 23.7 Å². The average Bonchev–Trinajstić information content (AvgIpc) is 3.33. The van der Waals surface area contributed by atoms with E-state index < -0.39 is 17.0 Å². The van der Waals surface area contributed by atoms with E-state index in [2.05, 4.69) is 20.4 Å². The van der Waals surface area contributed by atoms with E-state index in [9.17, 15) is 9.90 Å². The first-order valence-corrected chi connectivity index (χ1v) is 10.6. The van der Waals surface area contributed by atoms with E-state index in [-0.39, 0.29) is 6.04 Å². The summed E-state index contributed by atoms with van der Waals surface area (Å²) in [6.45, 7) is 9.90. The molecule has 4 aromatic rings. The fraction of sp³-hybridized carbons (Fsp3) is 0.391. The lowest BCUT2D eigenvalue weighted by Crippen LogP contribution is -2.52. The Balaban J connectivity index is 1.84. The summed E-state index contributed by atoms with van der Waals surface area (Å²) in [5.74, 6) is 0.943. The van der Waals surface area contributed by atoms with Crippen molar-refractivity contribution < 1.29 is 19.1 Å². The number of aromatic nitrogens is 4. The van der Waals surface area contributed by atoms with Crippen LogP contribution < -0.4 is 15.8 Å². The molecule has 0 saturated carbocycles. The Kier molecular flexibility index (Phi) is 5.49. The predicted octanol–water partition coefficient (Wildman–Crippen LogP) is 3.79. The van der Waals surface area contributed by atoms with Gasteiger partial charge in [0.05, 0.1) is 17.4 Å². The molecule has 0 aromatic carbocycles. The normalized spacial score (nSPS) is 14.8. The van der Waals surface area contributed by atoms with Crippen molar-refractivity contribution in [2.24, 2.45) is 11.1 Å². The van der Waals surface area contributed by atoms with Crippen LogP contribution in [0, 0.1) is 5.41 Å². The highest BCUT2D eigenvalue weighted by Crippen LogP contribution is 2.42. The van der Waals surface area contributed by atoms with E-state index >= 15 is 0 Å². The van der Waals surface area contributed by atoms with Crippen LogP contribution in [0.1, 0.15) is 40.3 Å². The molecule has 0 radical (unpaired) electrons. The smallest absolute Gasteiger partial charge is 0.405 e. The minimum atomic E-state index is -1.12. The number of imidazole rings is 1. The summed E-state index contributed by atoms with van der Waals surface area (Å²) in [6.07, 6.45) is 2.16. The summed E-state index contributed by atoms with van der Waals surface area (Å²) >= 11 is 0. The number of hydrogen-bond acceptors (Lipinski definition) is 7. The average molecular weight is 453 g/mol. The number of rotatable bonds is 6. The number of pyridine rings is 1. The second-order valence-corrected chi connectivity index (χ2v) is 9.36. The second kappa shape index (κ2) is 8.04. The fourth-order valence-electron chi connectivity index (χ4n) is 3.62. The minimum Gasteiger partial charge on any atom is -0.475 e. The number of carbonyl (C=O) groups is 1.